The van der Waals surface area contributed by atoms with Crippen molar-refractivity contribution in [1.82, 2.24) is 15.7 Å². The average Bonchev–Trinajstić information content (AvgIpc) is 2.83. The standard InChI is InChI=1S/C25H33N3O7/c1-25(2,3)35-23(30)26-15-18-11-13-20(14-12-18)33-17-21(22(29)28(4)32-5)27-24(31)34-16-19-9-7-6-8-10-19/h6-14,21H,15-17H2,1-5H3,(H,26,30)(H,27,31). The van der Waals surface area contributed by atoms with Crippen LogP contribution in [0.5, 0.6) is 5.75 Å². The second-order valence-corrected chi connectivity index (χ2v) is 8.59. The number of hydrogen-bond acceptors (Lipinski definition) is 7. The molecule has 1 unspecified atom stereocenters. The monoisotopic (exact) mass is 487 g/mol. The first kappa shape index (κ1) is 27.5. The highest BCUT2D eigenvalue weighted by atomic mass is 16.7. The second-order valence-electron chi connectivity index (χ2n) is 8.59. The van der Waals surface area contributed by atoms with Crippen molar-refractivity contribution in [3.05, 3.63) is 65.7 Å². The first-order chi connectivity index (χ1) is 16.6. The van der Waals surface area contributed by atoms with Crippen LogP contribution in [0, 0.1) is 0 Å². The van der Waals surface area contributed by atoms with Gasteiger partial charge in [-0.2, -0.15) is 0 Å². The van der Waals surface area contributed by atoms with Crippen LogP contribution in [0.3, 0.4) is 0 Å². The molecule has 1 atom stereocenters. The number of likely N-dealkylation sites (N-methyl/N-ethyl adjacent to an activating group) is 1. The van der Waals surface area contributed by atoms with Gasteiger partial charge in [0.1, 0.15) is 30.6 Å². The van der Waals surface area contributed by atoms with Crippen LogP contribution >= 0.6 is 0 Å². The van der Waals surface area contributed by atoms with E-state index < -0.39 is 29.7 Å². The summed E-state index contributed by atoms with van der Waals surface area (Å²) >= 11 is 0. The van der Waals surface area contributed by atoms with Gasteiger partial charge in [-0.25, -0.2) is 14.7 Å². The molecule has 0 bridgehead atoms. The van der Waals surface area contributed by atoms with Crippen molar-refractivity contribution >= 4 is 18.1 Å². The predicted octanol–water partition coefficient (Wildman–Crippen LogP) is 3.40. The lowest BCUT2D eigenvalue weighted by atomic mass is 10.2. The van der Waals surface area contributed by atoms with Crippen LogP contribution in [0.15, 0.2) is 54.6 Å². The maximum Gasteiger partial charge on any atom is 0.408 e. The Balaban J connectivity index is 1.90. The number of ether oxygens (including phenoxy) is 3. The summed E-state index contributed by atoms with van der Waals surface area (Å²) in [6.45, 7) is 5.57. The summed E-state index contributed by atoms with van der Waals surface area (Å²) in [6.07, 6.45) is -1.27. The number of benzene rings is 2. The van der Waals surface area contributed by atoms with Crippen molar-refractivity contribution < 1.29 is 33.4 Å². The highest BCUT2D eigenvalue weighted by Gasteiger charge is 2.26. The summed E-state index contributed by atoms with van der Waals surface area (Å²) in [7, 11) is 2.77. The Bertz CT molecular complexity index is 959. The molecule has 2 N–H and O–H groups in total. The van der Waals surface area contributed by atoms with E-state index in [1.54, 1.807) is 45.0 Å². The molecule has 2 aromatic carbocycles. The lowest BCUT2D eigenvalue weighted by Crippen LogP contribution is -2.50. The third-order valence-corrected chi connectivity index (χ3v) is 4.56. The first-order valence-corrected chi connectivity index (χ1v) is 11.0. The van der Waals surface area contributed by atoms with E-state index in [9.17, 15) is 14.4 Å². The topological polar surface area (TPSA) is 115 Å². The van der Waals surface area contributed by atoms with Gasteiger partial charge >= 0.3 is 12.2 Å². The summed E-state index contributed by atoms with van der Waals surface area (Å²) in [5.74, 6) is -0.0364. The first-order valence-electron chi connectivity index (χ1n) is 11.0. The van der Waals surface area contributed by atoms with E-state index in [4.69, 9.17) is 19.0 Å². The van der Waals surface area contributed by atoms with Gasteiger partial charge in [-0.15, -0.1) is 0 Å². The summed E-state index contributed by atoms with van der Waals surface area (Å²) in [5, 5.41) is 6.19. The Morgan fingerprint density at radius 3 is 2.20 bits per heavy atom. The number of nitrogens with one attached hydrogen (secondary N) is 2. The molecule has 3 amide bonds. The molecule has 0 aliphatic carbocycles. The van der Waals surface area contributed by atoms with E-state index >= 15 is 0 Å². The molecule has 0 heterocycles. The number of hydroxylamine groups is 2. The Kier molecular flexibility index (Phi) is 10.3. The average molecular weight is 488 g/mol. The maximum absolute atomic E-state index is 12.6. The maximum atomic E-state index is 12.6. The molecule has 10 nitrogen and oxygen atoms in total. The molecule has 0 saturated heterocycles. The second kappa shape index (κ2) is 13.2. The summed E-state index contributed by atoms with van der Waals surface area (Å²) < 4.78 is 16.1. The van der Waals surface area contributed by atoms with Gasteiger partial charge in [-0.1, -0.05) is 42.5 Å². The molecular weight excluding hydrogens is 454 g/mol. The quantitative estimate of drug-likeness (QED) is 0.494. The number of carbonyl (C=O) groups is 3. The van der Waals surface area contributed by atoms with Crippen LogP contribution in [-0.4, -0.2) is 55.6 Å². The third kappa shape index (κ3) is 10.3. The molecule has 10 heteroatoms. The SMILES string of the molecule is CON(C)C(=O)C(COc1ccc(CNC(=O)OC(C)(C)C)cc1)NC(=O)OCc1ccccc1. The van der Waals surface area contributed by atoms with E-state index in [-0.39, 0.29) is 19.8 Å². The molecule has 0 aliphatic rings. The van der Waals surface area contributed by atoms with E-state index in [0.29, 0.717) is 5.75 Å². The van der Waals surface area contributed by atoms with Gasteiger partial charge in [0.15, 0.2) is 0 Å². The van der Waals surface area contributed by atoms with Crippen molar-refractivity contribution in [2.75, 3.05) is 20.8 Å². The van der Waals surface area contributed by atoms with Gasteiger partial charge < -0.3 is 24.8 Å². The Morgan fingerprint density at radius 1 is 0.943 bits per heavy atom. The molecule has 2 aromatic rings. The minimum absolute atomic E-state index is 0.0628. The minimum Gasteiger partial charge on any atom is -0.491 e. The fraction of sp³-hybridized carbons (Fsp3) is 0.400. The van der Waals surface area contributed by atoms with Crippen molar-refractivity contribution in [3.8, 4) is 5.75 Å². The van der Waals surface area contributed by atoms with Gasteiger partial charge in [-0.3, -0.25) is 9.63 Å². The predicted molar refractivity (Wildman–Crippen MR) is 128 cm³/mol. The van der Waals surface area contributed by atoms with E-state index in [1.165, 1.54) is 14.2 Å². The van der Waals surface area contributed by atoms with Crippen LogP contribution in [-0.2, 0) is 32.3 Å². The largest absolute Gasteiger partial charge is 0.491 e. The van der Waals surface area contributed by atoms with Crippen LogP contribution in [0.1, 0.15) is 31.9 Å². The summed E-state index contributed by atoms with van der Waals surface area (Å²) in [6, 6.07) is 15.1. The zero-order chi connectivity index (χ0) is 25.8. The fourth-order valence-corrected chi connectivity index (χ4v) is 2.76. The van der Waals surface area contributed by atoms with E-state index in [0.717, 1.165) is 16.2 Å². The van der Waals surface area contributed by atoms with Gasteiger partial charge in [-0.05, 0) is 44.0 Å². The molecule has 0 aliphatic heterocycles. The number of rotatable bonds is 10. The molecule has 0 radical (unpaired) electrons. The van der Waals surface area contributed by atoms with Crippen molar-refractivity contribution in [1.29, 1.82) is 0 Å². The van der Waals surface area contributed by atoms with E-state index in [2.05, 4.69) is 10.6 Å². The smallest absolute Gasteiger partial charge is 0.408 e. The number of carbonyl (C=O) groups excluding carboxylic acids is 3. The lowest BCUT2D eigenvalue weighted by molar-refractivity contribution is -0.171. The highest BCUT2D eigenvalue weighted by Crippen LogP contribution is 2.14. The highest BCUT2D eigenvalue weighted by molar-refractivity contribution is 5.85. The summed E-state index contributed by atoms with van der Waals surface area (Å²) in [5.41, 5.74) is 1.07. The van der Waals surface area contributed by atoms with Gasteiger partial charge in [0.2, 0.25) is 0 Å². The molecule has 190 valence electrons. The zero-order valence-electron chi connectivity index (χ0n) is 20.7. The Morgan fingerprint density at radius 2 is 1.60 bits per heavy atom. The van der Waals surface area contributed by atoms with Crippen LogP contribution in [0.2, 0.25) is 0 Å². The normalized spacial score (nSPS) is 11.7. The van der Waals surface area contributed by atoms with Crippen molar-refractivity contribution in [2.24, 2.45) is 0 Å². The molecular formula is C25H33N3O7. The van der Waals surface area contributed by atoms with Crippen LogP contribution in [0.25, 0.3) is 0 Å². The molecule has 0 saturated carbocycles. The van der Waals surface area contributed by atoms with Crippen LogP contribution in [0.4, 0.5) is 9.59 Å². The van der Waals surface area contributed by atoms with Crippen molar-refractivity contribution in [3.63, 3.8) is 0 Å². The molecule has 0 aromatic heterocycles. The number of alkyl carbamates (subject to hydrolysis) is 2. The van der Waals surface area contributed by atoms with Gasteiger partial charge in [0.05, 0.1) is 7.11 Å². The minimum atomic E-state index is -1.04. The lowest BCUT2D eigenvalue weighted by Gasteiger charge is -2.23. The summed E-state index contributed by atoms with van der Waals surface area (Å²) in [4.78, 5) is 41.6. The number of amides is 3. The van der Waals surface area contributed by atoms with Crippen molar-refractivity contribution in [2.45, 2.75) is 45.6 Å². The zero-order valence-corrected chi connectivity index (χ0v) is 20.7. The third-order valence-electron chi connectivity index (χ3n) is 4.56. The van der Waals surface area contributed by atoms with Gasteiger partial charge in [0.25, 0.3) is 5.91 Å². The molecule has 35 heavy (non-hydrogen) atoms. The van der Waals surface area contributed by atoms with Crippen LogP contribution < -0.4 is 15.4 Å². The molecule has 2 rings (SSSR count). The Hall–Kier alpha value is -3.79. The number of hydrogen-bond donors (Lipinski definition) is 2. The molecule has 0 spiro atoms. The van der Waals surface area contributed by atoms with E-state index in [1.807, 2.05) is 30.3 Å². The Labute approximate surface area is 205 Å². The molecule has 0 fully saturated rings. The van der Waals surface area contributed by atoms with Gasteiger partial charge in [0, 0.05) is 13.6 Å². The fourth-order valence-electron chi connectivity index (χ4n) is 2.76. The number of nitrogens with zero attached hydrogens (tertiary/aromatic N) is 1.